The highest BCUT2D eigenvalue weighted by Gasteiger charge is 2.07. The summed E-state index contributed by atoms with van der Waals surface area (Å²) in [7, 11) is 0. The van der Waals surface area contributed by atoms with Crippen LogP contribution in [0.25, 0.3) is 0 Å². The summed E-state index contributed by atoms with van der Waals surface area (Å²) in [4.78, 5) is 11.9. The van der Waals surface area contributed by atoms with Crippen molar-refractivity contribution in [3.05, 3.63) is 64.4 Å². The zero-order chi connectivity index (χ0) is 20.5. The van der Waals surface area contributed by atoms with Crippen molar-refractivity contribution in [2.45, 2.75) is 31.9 Å². The van der Waals surface area contributed by atoms with Gasteiger partial charge >= 0.3 is 0 Å². The third kappa shape index (κ3) is 7.30. The molecule has 0 heterocycles. The maximum atomic E-state index is 13.0. The first kappa shape index (κ1) is 22.5. The van der Waals surface area contributed by atoms with E-state index < -0.39 is 0 Å². The Balaban J connectivity index is 1.69. The number of thiocarbonyl (C=S) groups is 1. The van der Waals surface area contributed by atoms with Gasteiger partial charge in [0.25, 0.3) is 0 Å². The summed E-state index contributed by atoms with van der Waals surface area (Å²) in [6.45, 7) is 4.34. The van der Waals surface area contributed by atoms with Gasteiger partial charge in [-0.2, -0.15) is 0 Å². The largest absolute Gasteiger partial charge is 0.331 e. The molecular weight excluding hydrogens is 417 g/mol. The molecule has 0 aliphatic heterocycles. The molecule has 0 saturated heterocycles. The molecule has 8 heteroatoms. The molecule has 2 rings (SSSR count). The van der Waals surface area contributed by atoms with E-state index in [2.05, 4.69) is 42.1 Å². The topological polar surface area (TPSA) is 53.2 Å². The molecule has 150 valence electrons. The Labute approximate surface area is 179 Å². The molecule has 3 N–H and O–H groups in total. The fourth-order valence-corrected chi connectivity index (χ4v) is 3.66. The summed E-state index contributed by atoms with van der Waals surface area (Å²) in [5, 5.41) is 3.68. The molecule has 0 radical (unpaired) electrons. The predicted molar refractivity (Wildman–Crippen MR) is 120 cm³/mol. The maximum absolute atomic E-state index is 13.0. The Hall–Kier alpha value is -1.83. The number of hydrazine groups is 1. The molecule has 0 saturated carbocycles. The van der Waals surface area contributed by atoms with Crippen LogP contribution in [0.1, 0.15) is 37.3 Å². The Kier molecular flexibility index (Phi) is 9.02. The van der Waals surface area contributed by atoms with Gasteiger partial charge in [-0.1, -0.05) is 43.6 Å². The van der Waals surface area contributed by atoms with Gasteiger partial charge in [0.1, 0.15) is 5.82 Å². The highest BCUT2D eigenvalue weighted by atomic mass is 35.5. The lowest BCUT2D eigenvalue weighted by Crippen LogP contribution is -2.44. The number of halogens is 2. The van der Waals surface area contributed by atoms with Gasteiger partial charge in [-0.15, -0.1) is 11.8 Å². The summed E-state index contributed by atoms with van der Waals surface area (Å²) in [5.41, 5.74) is 8.13. The summed E-state index contributed by atoms with van der Waals surface area (Å²) in [6.07, 6.45) is 1.09. The number of benzene rings is 2. The van der Waals surface area contributed by atoms with Gasteiger partial charge in [0.05, 0.1) is 5.75 Å². The quantitative estimate of drug-likeness (QED) is 0.406. The van der Waals surface area contributed by atoms with Crippen molar-refractivity contribution >= 4 is 52.3 Å². The van der Waals surface area contributed by atoms with Crippen LogP contribution in [0.2, 0.25) is 5.02 Å². The van der Waals surface area contributed by atoms with Crippen LogP contribution < -0.4 is 16.2 Å². The maximum Gasteiger partial charge on any atom is 0.248 e. The Morgan fingerprint density at radius 2 is 1.93 bits per heavy atom. The second-order valence-corrected chi connectivity index (χ2v) is 8.09. The van der Waals surface area contributed by atoms with E-state index in [1.165, 1.54) is 29.5 Å². The molecule has 1 atom stereocenters. The number of nitrogens with one attached hydrogen (secondary N) is 3. The van der Waals surface area contributed by atoms with E-state index in [0.29, 0.717) is 21.8 Å². The summed E-state index contributed by atoms with van der Waals surface area (Å²) in [5.74, 6) is 0.640. The number of carbonyl (C=O) groups excluding carboxylic acids is 1. The van der Waals surface area contributed by atoms with E-state index in [9.17, 15) is 9.18 Å². The highest BCUT2D eigenvalue weighted by Crippen LogP contribution is 2.22. The van der Waals surface area contributed by atoms with Crippen molar-refractivity contribution in [2.75, 3.05) is 11.1 Å². The van der Waals surface area contributed by atoms with Crippen LogP contribution in [0.15, 0.2) is 42.5 Å². The second kappa shape index (κ2) is 11.2. The van der Waals surface area contributed by atoms with Crippen molar-refractivity contribution in [2.24, 2.45) is 0 Å². The number of hydrogen-bond acceptors (Lipinski definition) is 3. The van der Waals surface area contributed by atoms with Gasteiger partial charge in [-0.05, 0) is 59.9 Å². The van der Waals surface area contributed by atoms with E-state index in [4.69, 9.17) is 23.8 Å². The molecule has 0 aliphatic rings. The van der Waals surface area contributed by atoms with E-state index in [-0.39, 0.29) is 17.5 Å². The summed E-state index contributed by atoms with van der Waals surface area (Å²) >= 11 is 12.5. The van der Waals surface area contributed by atoms with Crippen molar-refractivity contribution in [1.29, 1.82) is 0 Å². The van der Waals surface area contributed by atoms with Gasteiger partial charge in [-0.25, -0.2) is 4.39 Å². The van der Waals surface area contributed by atoms with Crippen LogP contribution in [0.5, 0.6) is 0 Å². The van der Waals surface area contributed by atoms with Gasteiger partial charge in [0.15, 0.2) is 5.11 Å². The molecular formula is C20H23ClFN3OS2. The molecule has 0 aliphatic carbocycles. The normalized spacial score (nSPS) is 11.6. The van der Waals surface area contributed by atoms with E-state index >= 15 is 0 Å². The van der Waals surface area contributed by atoms with Gasteiger partial charge in [0.2, 0.25) is 5.91 Å². The number of anilines is 1. The second-order valence-electron chi connectivity index (χ2n) is 6.29. The molecule has 2 aromatic rings. The molecule has 28 heavy (non-hydrogen) atoms. The molecule has 4 nitrogen and oxygen atoms in total. The average Bonchev–Trinajstić information content (AvgIpc) is 2.68. The number of hydrogen-bond donors (Lipinski definition) is 3. The van der Waals surface area contributed by atoms with Crippen LogP contribution in [0.4, 0.5) is 10.1 Å². The van der Waals surface area contributed by atoms with Crippen LogP contribution in [0.3, 0.4) is 0 Å². The van der Waals surface area contributed by atoms with Crippen LogP contribution in [-0.2, 0) is 10.5 Å². The number of rotatable bonds is 7. The molecule has 0 fully saturated rings. The van der Waals surface area contributed by atoms with Gasteiger partial charge in [-0.3, -0.25) is 15.6 Å². The zero-order valence-electron chi connectivity index (χ0n) is 15.7. The number of carbonyl (C=O) groups is 1. The van der Waals surface area contributed by atoms with Gasteiger partial charge in [0, 0.05) is 16.5 Å². The fraction of sp³-hybridized carbons (Fsp3) is 0.300. The lowest BCUT2D eigenvalue weighted by molar-refractivity contribution is -0.119. The average molecular weight is 440 g/mol. The molecule has 2 aromatic carbocycles. The van der Waals surface area contributed by atoms with Crippen molar-refractivity contribution in [3.8, 4) is 0 Å². The minimum Gasteiger partial charge on any atom is -0.331 e. The smallest absolute Gasteiger partial charge is 0.248 e. The standard InChI is InChI=1S/C20H23ClFN3OS2/c1-3-13(2)14-5-8-17(9-6-14)23-20(27)25-24-19(26)12-28-11-15-4-7-16(22)10-18(15)21/h4-10,13H,3,11-12H2,1-2H3,(H,24,26)(H2,23,25,27). The van der Waals surface area contributed by atoms with Crippen molar-refractivity contribution in [3.63, 3.8) is 0 Å². The lowest BCUT2D eigenvalue weighted by atomic mass is 9.99. The van der Waals surface area contributed by atoms with E-state index in [1.807, 2.05) is 12.1 Å². The Morgan fingerprint density at radius 3 is 2.57 bits per heavy atom. The first-order chi connectivity index (χ1) is 13.4. The molecule has 0 bridgehead atoms. The number of thioether (sulfide) groups is 1. The lowest BCUT2D eigenvalue weighted by Gasteiger charge is -2.13. The van der Waals surface area contributed by atoms with E-state index in [1.54, 1.807) is 6.07 Å². The summed E-state index contributed by atoms with van der Waals surface area (Å²) in [6, 6.07) is 12.3. The fourth-order valence-electron chi connectivity index (χ4n) is 2.35. The molecule has 0 spiro atoms. The SMILES string of the molecule is CCC(C)c1ccc(NC(=S)NNC(=O)CSCc2ccc(F)cc2Cl)cc1. The monoisotopic (exact) mass is 439 g/mol. The molecule has 1 unspecified atom stereocenters. The molecule has 1 amide bonds. The third-order valence-corrected chi connectivity index (χ3v) is 5.71. The van der Waals surface area contributed by atoms with Crippen LogP contribution in [-0.4, -0.2) is 16.8 Å². The van der Waals surface area contributed by atoms with Gasteiger partial charge < -0.3 is 5.32 Å². The minimum absolute atomic E-state index is 0.215. The molecule has 0 aromatic heterocycles. The Bertz CT molecular complexity index is 818. The Morgan fingerprint density at radius 1 is 1.21 bits per heavy atom. The van der Waals surface area contributed by atoms with Crippen LogP contribution in [0, 0.1) is 5.82 Å². The zero-order valence-corrected chi connectivity index (χ0v) is 18.1. The first-order valence-electron chi connectivity index (χ1n) is 8.86. The predicted octanol–water partition coefficient (Wildman–Crippen LogP) is 5.24. The summed E-state index contributed by atoms with van der Waals surface area (Å²) < 4.78 is 13.0. The van der Waals surface area contributed by atoms with E-state index in [0.717, 1.165) is 17.7 Å². The third-order valence-electron chi connectivity index (χ3n) is 4.17. The van der Waals surface area contributed by atoms with Crippen molar-refractivity contribution < 1.29 is 9.18 Å². The van der Waals surface area contributed by atoms with Crippen LogP contribution >= 0.6 is 35.6 Å². The minimum atomic E-state index is -0.378. The number of amides is 1. The van der Waals surface area contributed by atoms with Crippen molar-refractivity contribution in [1.82, 2.24) is 10.9 Å². The first-order valence-corrected chi connectivity index (χ1v) is 10.8. The highest BCUT2D eigenvalue weighted by molar-refractivity contribution is 7.99.